The number of nitrogens with zero attached hydrogens (tertiary/aromatic N) is 1. The number of likely N-dealkylation sites (tertiary alicyclic amines) is 1. The van der Waals surface area contributed by atoms with Gasteiger partial charge in [0.1, 0.15) is 0 Å². The molecular weight excluding hydrogens is 212 g/mol. The molecule has 0 saturated carbocycles. The topological polar surface area (TPSA) is 46.3 Å². The largest absolute Gasteiger partial charge is 0.339 e. The lowest BCUT2D eigenvalue weighted by molar-refractivity contribution is 0.0724. The molecule has 0 atom stereocenters. The fourth-order valence-electron chi connectivity index (χ4n) is 2.31. The van der Waals surface area contributed by atoms with E-state index >= 15 is 0 Å². The smallest absolute Gasteiger partial charge is 0.253 e. The van der Waals surface area contributed by atoms with Crippen molar-refractivity contribution in [3.8, 4) is 0 Å². The van der Waals surface area contributed by atoms with Crippen molar-refractivity contribution in [2.45, 2.75) is 25.7 Å². The molecule has 3 nitrogen and oxygen atoms in total. The van der Waals surface area contributed by atoms with E-state index in [4.69, 9.17) is 5.73 Å². The average Bonchev–Trinajstić information content (AvgIpc) is 2.40. The van der Waals surface area contributed by atoms with E-state index in [2.05, 4.69) is 0 Å². The number of carbonyl (C=O) groups is 1. The normalized spacial score (nSPS) is 15.9. The maximum Gasteiger partial charge on any atom is 0.253 e. The average molecular weight is 232 g/mol. The Kier molecular flexibility index (Phi) is 4.15. The van der Waals surface area contributed by atoms with Crippen molar-refractivity contribution in [1.29, 1.82) is 0 Å². The van der Waals surface area contributed by atoms with Crippen molar-refractivity contribution in [3.63, 3.8) is 0 Å². The highest BCUT2D eigenvalue weighted by molar-refractivity contribution is 5.94. The molecule has 1 fully saturated rings. The summed E-state index contributed by atoms with van der Waals surface area (Å²) >= 11 is 0. The van der Waals surface area contributed by atoms with E-state index in [1.807, 2.05) is 29.2 Å². The summed E-state index contributed by atoms with van der Waals surface area (Å²) in [6, 6.07) is 7.85. The Balaban J connectivity index is 2.09. The standard InChI is InChI=1S/C14H20N2O/c15-8-7-12-5-4-6-13(11-12)14(17)16-9-2-1-3-10-16/h4-6,11H,1-3,7-10,15H2. The fourth-order valence-corrected chi connectivity index (χ4v) is 2.31. The van der Waals surface area contributed by atoms with Crippen molar-refractivity contribution in [3.05, 3.63) is 35.4 Å². The summed E-state index contributed by atoms with van der Waals surface area (Å²) in [7, 11) is 0. The zero-order valence-corrected chi connectivity index (χ0v) is 10.2. The monoisotopic (exact) mass is 232 g/mol. The van der Waals surface area contributed by atoms with Gasteiger partial charge >= 0.3 is 0 Å². The maximum absolute atomic E-state index is 12.3. The highest BCUT2D eigenvalue weighted by Crippen LogP contribution is 2.14. The van der Waals surface area contributed by atoms with Crippen LogP contribution in [-0.2, 0) is 6.42 Å². The zero-order chi connectivity index (χ0) is 12.1. The van der Waals surface area contributed by atoms with Crippen LogP contribution in [0.25, 0.3) is 0 Å². The number of hydrogen-bond donors (Lipinski definition) is 1. The van der Waals surface area contributed by atoms with E-state index in [0.29, 0.717) is 6.54 Å². The Morgan fingerprint density at radius 3 is 2.71 bits per heavy atom. The van der Waals surface area contributed by atoms with Crippen LogP contribution in [0.3, 0.4) is 0 Å². The summed E-state index contributed by atoms with van der Waals surface area (Å²) in [5, 5.41) is 0. The molecule has 92 valence electrons. The van der Waals surface area contributed by atoms with Crippen LogP contribution in [0, 0.1) is 0 Å². The van der Waals surface area contributed by atoms with Crippen LogP contribution in [0.4, 0.5) is 0 Å². The van der Waals surface area contributed by atoms with Crippen LogP contribution < -0.4 is 5.73 Å². The Morgan fingerprint density at radius 2 is 2.00 bits per heavy atom. The highest BCUT2D eigenvalue weighted by atomic mass is 16.2. The molecule has 1 aromatic rings. The van der Waals surface area contributed by atoms with Gasteiger partial charge in [-0.1, -0.05) is 12.1 Å². The molecule has 2 N–H and O–H groups in total. The van der Waals surface area contributed by atoms with Gasteiger partial charge in [0, 0.05) is 18.7 Å². The Hall–Kier alpha value is -1.35. The second kappa shape index (κ2) is 5.82. The second-order valence-electron chi connectivity index (χ2n) is 4.59. The highest BCUT2D eigenvalue weighted by Gasteiger charge is 2.17. The molecule has 0 unspecified atom stereocenters. The fraction of sp³-hybridized carbons (Fsp3) is 0.500. The molecule has 1 heterocycles. The van der Waals surface area contributed by atoms with E-state index in [9.17, 15) is 4.79 Å². The summed E-state index contributed by atoms with van der Waals surface area (Å²) in [6.45, 7) is 2.43. The minimum absolute atomic E-state index is 0.170. The number of amides is 1. The molecule has 17 heavy (non-hydrogen) atoms. The Labute approximate surface area is 103 Å². The summed E-state index contributed by atoms with van der Waals surface area (Å²) in [6.07, 6.45) is 4.35. The third kappa shape index (κ3) is 3.07. The molecule has 0 bridgehead atoms. The van der Waals surface area contributed by atoms with E-state index in [0.717, 1.165) is 43.5 Å². The summed E-state index contributed by atoms with van der Waals surface area (Å²) in [4.78, 5) is 14.2. The Bertz CT molecular complexity index is 384. The van der Waals surface area contributed by atoms with Crippen molar-refractivity contribution in [2.24, 2.45) is 5.73 Å². The summed E-state index contributed by atoms with van der Waals surface area (Å²) in [5.74, 6) is 0.170. The van der Waals surface area contributed by atoms with E-state index < -0.39 is 0 Å². The molecule has 1 saturated heterocycles. The maximum atomic E-state index is 12.3. The van der Waals surface area contributed by atoms with Gasteiger partial charge in [0.15, 0.2) is 0 Å². The molecule has 1 aliphatic rings. The van der Waals surface area contributed by atoms with Crippen molar-refractivity contribution < 1.29 is 4.79 Å². The van der Waals surface area contributed by atoms with Gasteiger partial charge < -0.3 is 10.6 Å². The molecule has 3 heteroatoms. The molecule has 1 aliphatic heterocycles. The molecule has 0 aromatic heterocycles. The second-order valence-corrected chi connectivity index (χ2v) is 4.59. The van der Waals surface area contributed by atoms with Crippen LogP contribution in [0.1, 0.15) is 35.2 Å². The predicted octanol–water partition coefficient (Wildman–Crippen LogP) is 1.81. The van der Waals surface area contributed by atoms with Crippen molar-refractivity contribution in [1.82, 2.24) is 4.90 Å². The molecule has 1 aromatic carbocycles. The lowest BCUT2D eigenvalue weighted by atomic mass is 10.1. The van der Waals surface area contributed by atoms with Gasteiger partial charge in [-0.05, 0) is 49.9 Å². The van der Waals surface area contributed by atoms with E-state index in [-0.39, 0.29) is 5.91 Å². The zero-order valence-electron chi connectivity index (χ0n) is 10.2. The van der Waals surface area contributed by atoms with Crippen LogP contribution in [-0.4, -0.2) is 30.4 Å². The van der Waals surface area contributed by atoms with E-state index in [1.165, 1.54) is 6.42 Å². The van der Waals surface area contributed by atoms with Gasteiger partial charge in [0.2, 0.25) is 0 Å². The number of carbonyl (C=O) groups excluding carboxylic acids is 1. The van der Waals surface area contributed by atoms with Crippen LogP contribution in [0.15, 0.2) is 24.3 Å². The molecule has 1 amide bonds. The van der Waals surface area contributed by atoms with Gasteiger partial charge in [-0.3, -0.25) is 4.79 Å². The van der Waals surface area contributed by atoms with Gasteiger partial charge in [-0.25, -0.2) is 0 Å². The number of rotatable bonds is 3. The first-order valence-corrected chi connectivity index (χ1v) is 6.39. The lowest BCUT2D eigenvalue weighted by Gasteiger charge is -2.26. The van der Waals surface area contributed by atoms with Crippen LogP contribution in [0.2, 0.25) is 0 Å². The number of nitrogens with two attached hydrogens (primary N) is 1. The number of piperidine rings is 1. The Morgan fingerprint density at radius 1 is 1.24 bits per heavy atom. The first kappa shape index (κ1) is 12.1. The van der Waals surface area contributed by atoms with E-state index in [1.54, 1.807) is 0 Å². The van der Waals surface area contributed by atoms with Crippen molar-refractivity contribution >= 4 is 5.91 Å². The minimum Gasteiger partial charge on any atom is -0.339 e. The SMILES string of the molecule is NCCc1cccc(C(=O)N2CCCCC2)c1. The van der Waals surface area contributed by atoms with Gasteiger partial charge in [0.05, 0.1) is 0 Å². The first-order valence-electron chi connectivity index (χ1n) is 6.39. The summed E-state index contributed by atoms with van der Waals surface area (Å²) in [5.41, 5.74) is 7.49. The van der Waals surface area contributed by atoms with Crippen LogP contribution >= 0.6 is 0 Å². The molecule has 0 radical (unpaired) electrons. The number of hydrogen-bond acceptors (Lipinski definition) is 2. The molecule has 2 rings (SSSR count). The van der Waals surface area contributed by atoms with Gasteiger partial charge in [-0.15, -0.1) is 0 Å². The number of benzene rings is 1. The first-order chi connectivity index (χ1) is 8.31. The molecule has 0 aliphatic carbocycles. The van der Waals surface area contributed by atoms with Crippen molar-refractivity contribution in [2.75, 3.05) is 19.6 Å². The molecular formula is C14H20N2O. The molecule has 0 spiro atoms. The quantitative estimate of drug-likeness (QED) is 0.864. The third-order valence-electron chi connectivity index (χ3n) is 3.25. The summed E-state index contributed by atoms with van der Waals surface area (Å²) < 4.78 is 0. The lowest BCUT2D eigenvalue weighted by Crippen LogP contribution is -2.35. The van der Waals surface area contributed by atoms with Gasteiger partial charge in [-0.2, -0.15) is 0 Å². The third-order valence-corrected chi connectivity index (χ3v) is 3.25. The predicted molar refractivity (Wildman–Crippen MR) is 69.0 cm³/mol. The van der Waals surface area contributed by atoms with Crippen LogP contribution in [0.5, 0.6) is 0 Å². The minimum atomic E-state index is 0.170. The van der Waals surface area contributed by atoms with Gasteiger partial charge in [0.25, 0.3) is 5.91 Å².